The van der Waals surface area contributed by atoms with Gasteiger partial charge in [0, 0.05) is 23.7 Å². The van der Waals surface area contributed by atoms with Crippen molar-refractivity contribution in [2.45, 2.75) is 23.8 Å². The van der Waals surface area contributed by atoms with Crippen LogP contribution in [-0.2, 0) is 0 Å². The fourth-order valence-corrected chi connectivity index (χ4v) is 2.92. The van der Waals surface area contributed by atoms with Crippen LogP contribution in [0.2, 0.25) is 0 Å². The van der Waals surface area contributed by atoms with Crippen LogP contribution in [0.3, 0.4) is 0 Å². The summed E-state index contributed by atoms with van der Waals surface area (Å²) in [5.41, 5.74) is 0. The summed E-state index contributed by atoms with van der Waals surface area (Å²) in [6.45, 7) is 1.59. The Labute approximate surface area is 112 Å². The Morgan fingerprint density at radius 3 is 2.83 bits per heavy atom. The molecule has 1 aromatic rings. The number of benzene rings is 1. The molecule has 0 bridgehead atoms. The van der Waals surface area contributed by atoms with E-state index in [1.165, 1.54) is 30.7 Å². The molecule has 0 amide bonds. The minimum Gasteiger partial charge on any atom is -0.392 e. The van der Waals surface area contributed by atoms with Crippen molar-refractivity contribution in [3.8, 4) is 0 Å². The van der Waals surface area contributed by atoms with Crippen molar-refractivity contribution in [3.63, 3.8) is 0 Å². The number of aliphatic hydroxyl groups is 1. The van der Waals surface area contributed by atoms with Crippen molar-refractivity contribution in [2.24, 2.45) is 5.92 Å². The molecule has 1 saturated carbocycles. The summed E-state index contributed by atoms with van der Waals surface area (Å²) >= 11 is 1.53. The quantitative estimate of drug-likeness (QED) is 0.770. The van der Waals surface area contributed by atoms with E-state index in [-0.39, 0.29) is 11.9 Å². The predicted octanol–water partition coefficient (Wildman–Crippen LogP) is 2.62. The number of likely N-dealkylation sites (N-methyl/N-ethyl adjacent to an activating group) is 1. The lowest BCUT2D eigenvalue weighted by Gasteiger charge is -2.20. The molecule has 0 aromatic heterocycles. The van der Waals surface area contributed by atoms with Gasteiger partial charge in [0.1, 0.15) is 5.82 Å². The lowest BCUT2D eigenvalue weighted by molar-refractivity contribution is 0.109. The summed E-state index contributed by atoms with van der Waals surface area (Å²) in [7, 11) is 2.01. The van der Waals surface area contributed by atoms with Gasteiger partial charge in [-0.1, -0.05) is 12.1 Å². The van der Waals surface area contributed by atoms with Crippen LogP contribution in [0.15, 0.2) is 29.2 Å². The van der Waals surface area contributed by atoms with Gasteiger partial charge in [-0.2, -0.15) is 0 Å². The number of nitrogens with zero attached hydrogens (tertiary/aromatic N) is 1. The number of rotatable bonds is 7. The molecule has 0 radical (unpaired) electrons. The first-order valence-corrected chi connectivity index (χ1v) is 7.39. The largest absolute Gasteiger partial charge is 0.392 e. The van der Waals surface area contributed by atoms with Gasteiger partial charge in [0.15, 0.2) is 0 Å². The first-order chi connectivity index (χ1) is 8.66. The minimum absolute atomic E-state index is 0.150. The molecule has 1 atom stereocenters. The van der Waals surface area contributed by atoms with Crippen molar-refractivity contribution in [1.29, 1.82) is 0 Å². The van der Waals surface area contributed by atoms with Gasteiger partial charge in [-0.3, -0.25) is 0 Å². The van der Waals surface area contributed by atoms with Crippen LogP contribution >= 0.6 is 11.8 Å². The Balaban J connectivity index is 1.66. The lowest BCUT2D eigenvalue weighted by Crippen LogP contribution is -2.31. The molecule has 1 aromatic carbocycles. The summed E-state index contributed by atoms with van der Waals surface area (Å²) < 4.78 is 13.4. The van der Waals surface area contributed by atoms with Gasteiger partial charge in [-0.25, -0.2) is 4.39 Å². The number of aliphatic hydroxyl groups excluding tert-OH is 1. The molecule has 2 nitrogen and oxygen atoms in total. The highest BCUT2D eigenvalue weighted by molar-refractivity contribution is 7.99. The molecule has 0 heterocycles. The third-order valence-corrected chi connectivity index (χ3v) is 4.26. The Kier molecular flexibility index (Phi) is 5.03. The van der Waals surface area contributed by atoms with Gasteiger partial charge in [0.2, 0.25) is 0 Å². The smallest absolute Gasteiger partial charge is 0.136 e. The average molecular weight is 269 g/mol. The minimum atomic E-state index is -0.187. The fraction of sp³-hybridized carbons (Fsp3) is 0.571. The second kappa shape index (κ2) is 6.55. The number of hydrogen-bond acceptors (Lipinski definition) is 3. The molecule has 1 aliphatic rings. The van der Waals surface area contributed by atoms with Crippen molar-refractivity contribution in [1.82, 2.24) is 4.90 Å². The van der Waals surface area contributed by atoms with Crippen molar-refractivity contribution >= 4 is 11.8 Å². The summed E-state index contributed by atoms with van der Waals surface area (Å²) in [5.74, 6) is 1.21. The maximum absolute atomic E-state index is 13.4. The Morgan fingerprint density at radius 2 is 2.17 bits per heavy atom. The van der Waals surface area contributed by atoms with Crippen LogP contribution in [0.25, 0.3) is 0 Å². The molecule has 1 N–H and O–H groups in total. The average Bonchev–Trinajstić information content (AvgIpc) is 3.15. The topological polar surface area (TPSA) is 23.5 Å². The fourth-order valence-electron chi connectivity index (χ4n) is 1.91. The van der Waals surface area contributed by atoms with Crippen molar-refractivity contribution in [2.75, 3.05) is 25.9 Å². The number of halogens is 1. The van der Waals surface area contributed by atoms with E-state index in [4.69, 9.17) is 0 Å². The van der Waals surface area contributed by atoms with Crippen LogP contribution in [0.1, 0.15) is 12.8 Å². The number of thioether (sulfide) groups is 1. The second-order valence-corrected chi connectivity index (χ2v) is 6.08. The maximum atomic E-state index is 13.4. The van der Waals surface area contributed by atoms with E-state index in [9.17, 15) is 9.50 Å². The normalized spacial score (nSPS) is 17.1. The maximum Gasteiger partial charge on any atom is 0.136 e. The standard InChI is InChI=1S/C14H20FNOS/c1-16(10-13(17)11-6-7-11)8-9-18-14-5-3-2-4-12(14)15/h2-5,11,13,17H,6-10H2,1H3. The third kappa shape index (κ3) is 4.26. The van der Waals surface area contributed by atoms with Crippen LogP contribution in [0.5, 0.6) is 0 Å². The zero-order valence-corrected chi connectivity index (χ0v) is 11.5. The summed E-state index contributed by atoms with van der Waals surface area (Å²) in [6, 6.07) is 6.85. The highest BCUT2D eigenvalue weighted by Gasteiger charge is 2.30. The van der Waals surface area contributed by atoms with Gasteiger partial charge in [0.05, 0.1) is 6.10 Å². The molecule has 0 aliphatic heterocycles. The van der Waals surface area contributed by atoms with E-state index in [2.05, 4.69) is 4.90 Å². The molecule has 18 heavy (non-hydrogen) atoms. The Morgan fingerprint density at radius 1 is 1.44 bits per heavy atom. The Hall–Kier alpha value is -0.580. The molecule has 1 aliphatic carbocycles. The lowest BCUT2D eigenvalue weighted by atomic mass is 10.2. The third-order valence-electron chi connectivity index (χ3n) is 3.23. The molecule has 100 valence electrons. The summed E-state index contributed by atoms with van der Waals surface area (Å²) in [5, 5.41) is 9.81. The highest BCUT2D eigenvalue weighted by atomic mass is 32.2. The predicted molar refractivity (Wildman–Crippen MR) is 73.4 cm³/mol. The van der Waals surface area contributed by atoms with Gasteiger partial charge in [0.25, 0.3) is 0 Å². The van der Waals surface area contributed by atoms with E-state index in [1.807, 2.05) is 13.1 Å². The van der Waals surface area contributed by atoms with Gasteiger partial charge < -0.3 is 10.0 Å². The molecular weight excluding hydrogens is 249 g/mol. The van der Waals surface area contributed by atoms with Gasteiger partial charge in [-0.05, 0) is 37.9 Å². The molecule has 0 spiro atoms. The second-order valence-electron chi connectivity index (χ2n) is 4.95. The van der Waals surface area contributed by atoms with Crippen molar-refractivity contribution < 1.29 is 9.50 Å². The van der Waals surface area contributed by atoms with Crippen LogP contribution in [0.4, 0.5) is 4.39 Å². The van der Waals surface area contributed by atoms with E-state index >= 15 is 0 Å². The molecule has 0 saturated heterocycles. The van der Waals surface area contributed by atoms with E-state index in [0.717, 1.165) is 18.8 Å². The van der Waals surface area contributed by atoms with E-state index < -0.39 is 0 Å². The Bertz CT molecular complexity index is 384. The molecule has 1 unspecified atom stereocenters. The zero-order chi connectivity index (χ0) is 13.0. The summed E-state index contributed by atoms with van der Waals surface area (Å²) in [4.78, 5) is 2.82. The first-order valence-electron chi connectivity index (χ1n) is 6.41. The van der Waals surface area contributed by atoms with Crippen LogP contribution in [0, 0.1) is 11.7 Å². The highest BCUT2D eigenvalue weighted by Crippen LogP contribution is 2.32. The molecule has 2 rings (SSSR count). The van der Waals surface area contributed by atoms with Crippen LogP contribution in [-0.4, -0.2) is 42.0 Å². The molecular formula is C14H20FNOS. The number of hydrogen-bond donors (Lipinski definition) is 1. The van der Waals surface area contributed by atoms with Crippen LogP contribution < -0.4 is 0 Å². The SMILES string of the molecule is CN(CCSc1ccccc1F)CC(O)C1CC1. The van der Waals surface area contributed by atoms with Gasteiger partial charge >= 0.3 is 0 Å². The zero-order valence-electron chi connectivity index (χ0n) is 10.7. The molecule has 4 heteroatoms. The van der Waals surface area contributed by atoms with E-state index in [0.29, 0.717) is 10.8 Å². The molecule has 1 fully saturated rings. The van der Waals surface area contributed by atoms with Gasteiger partial charge in [-0.15, -0.1) is 11.8 Å². The monoisotopic (exact) mass is 269 g/mol. The van der Waals surface area contributed by atoms with E-state index in [1.54, 1.807) is 12.1 Å². The summed E-state index contributed by atoms with van der Waals surface area (Å²) in [6.07, 6.45) is 2.14. The first kappa shape index (κ1) is 13.8. The van der Waals surface area contributed by atoms with Crippen molar-refractivity contribution in [3.05, 3.63) is 30.1 Å².